The van der Waals surface area contributed by atoms with Crippen molar-refractivity contribution in [3.63, 3.8) is 0 Å². The van der Waals surface area contributed by atoms with E-state index in [9.17, 15) is 13.2 Å². The van der Waals surface area contributed by atoms with Crippen LogP contribution < -0.4 is 0 Å². The fraction of sp³-hybridized carbons (Fsp3) is 0.400. The number of alkyl halides is 3. The smallest absolute Gasteiger partial charge is 0.361 e. The minimum Gasteiger partial charge on any atom is -0.361 e. The van der Waals surface area contributed by atoms with Crippen LogP contribution in [-0.4, -0.2) is 25.5 Å². The summed E-state index contributed by atoms with van der Waals surface area (Å²) in [4.78, 5) is 2.08. The van der Waals surface area contributed by atoms with Crippen molar-refractivity contribution in [2.45, 2.75) is 31.2 Å². The Morgan fingerprint density at radius 1 is 1.12 bits per heavy atom. The molecule has 1 unspecified atom stereocenters. The van der Waals surface area contributed by atoms with Crippen molar-refractivity contribution in [3.05, 3.63) is 69.7 Å². The van der Waals surface area contributed by atoms with E-state index in [1.54, 1.807) is 18.2 Å². The second-order valence-corrected chi connectivity index (χ2v) is 7.34. The lowest BCUT2D eigenvalue weighted by Gasteiger charge is -2.31. The van der Waals surface area contributed by atoms with Crippen LogP contribution in [0.2, 0.25) is 5.02 Å². The first-order valence-corrected chi connectivity index (χ1v) is 8.85. The zero-order valence-corrected chi connectivity index (χ0v) is 15.5. The van der Waals surface area contributed by atoms with Gasteiger partial charge in [0.05, 0.1) is 12.2 Å². The molecule has 0 aliphatic carbocycles. The molecule has 0 fully saturated rings. The number of halogens is 4. The van der Waals surface area contributed by atoms with E-state index < -0.39 is 17.3 Å². The lowest BCUT2D eigenvalue weighted by Crippen LogP contribution is -2.28. The maximum Gasteiger partial charge on any atom is 0.416 e. The van der Waals surface area contributed by atoms with Crippen molar-refractivity contribution >= 4 is 11.6 Å². The van der Waals surface area contributed by atoms with Gasteiger partial charge in [-0.1, -0.05) is 29.8 Å². The zero-order valence-electron chi connectivity index (χ0n) is 14.7. The summed E-state index contributed by atoms with van der Waals surface area (Å²) < 4.78 is 45.3. The van der Waals surface area contributed by atoms with E-state index in [2.05, 4.69) is 4.90 Å². The van der Waals surface area contributed by atoms with Gasteiger partial charge in [-0.2, -0.15) is 13.2 Å². The van der Waals surface area contributed by atoms with Crippen LogP contribution in [0.4, 0.5) is 13.2 Å². The molecule has 2 aromatic rings. The predicted molar refractivity (Wildman–Crippen MR) is 96.3 cm³/mol. The molecule has 0 amide bonds. The minimum atomic E-state index is -4.36. The van der Waals surface area contributed by atoms with Crippen LogP contribution in [0.25, 0.3) is 0 Å². The van der Waals surface area contributed by atoms with Crippen LogP contribution in [0, 0.1) is 0 Å². The second kappa shape index (κ2) is 7.22. The van der Waals surface area contributed by atoms with Gasteiger partial charge >= 0.3 is 6.18 Å². The molecule has 0 saturated heterocycles. The standard InChI is InChI=1S/C20H21ClF3NO/c1-25(2)11-3-10-19(15-4-7-17(21)8-5-15)18-9-6-16(20(22,23)24)12-14(18)13-26-19/h4-9,12H,3,10-11,13H2,1-2H3. The van der Waals surface area contributed by atoms with Gasteiger partial charge in [-0.3, -0.25) is 0 Å². The second-order valence-electron chi connectivity index (χ2n) is 6.90. The Morgan fingerprint density at radius 3 is 2.42 bits per heavy atom. The topological polar surface area (TPSA) is 12.5 Å². The Labute approximate surface area is 156 Å². The van der Waals surface area contributed by atoms with Gasteiger partial charge < -0.3 is 9.64 Å². The molecule has 0 spiro atoms. The van der Waals surface area contributed by atoms with E-state index in [0.29, 0.717) is 17.0 Å². The Morgan fingerprint density at radius 2 is 1.81 bits per heavy atom. The van der Waals surface area contributed by atoms with Crippen molar-refractivity contribution in [3.8, 4) is 0 Å². The summed E-state index contributed by atoms with van der Waals surface area (Å²) in [6.45, 7) is 1.04. The van der Waals surface area contributed by atoms with Gasteiger partial charge in [-0.05, 0) is 74.4 Å². The molecule has 0 aromatic heterocycles. The van der Waals surface area contributed by atoms with Crippen molar-refractivity contribution < 1.29 is 17.9 Å². The number of rotatable bonds is 5. The van der Waals surface area contributed by atoms with Crippen LogP contribution in [0.5, 0.6) is 0 Å². The van der Waals surface area contributed by atoms with E-state index in [1.165, 1.54) is 6.07 Å². The van der Waals surface area contributed by atoms with Crippen LogP contribution in [-0.2, 0) is 23.1 Å². The average Bonchev–Trinajstić information content (AvgIpc) is 2.94. The third kappa shape index (κ3) is 3.75. The maximum atomic E-state index is 13.0. The number of hydrogen-bond acceptors (Lipinski definition) is 2. The first-order chi connectivity index (χ1) is 12.2. The molecular weight excluding hydrogens is 363 g/mol. The van der Waals surface area contributed by atoms with E-state index in [4.69, 9.17) is 16.3 Å². The Hall–Kier alpha value is -1.56. The third-order valence-corrected chi connectivity index (χ3v) is 5.04. The van der Waals surface area contributed by atoms with Gasteiger partial charge in [-0.15, -0.1) is 0 Å². The Bertz CT molecular complexity index is 774. The number of fused-ring (bicyclic) bond motifs is 1. The molecule has 3 rings (SSSR count). The van der Waals surface area contributed by atoms with Crippen molar-refractivity contribution in [2.24, 2.45) is 0 Å². The van der Waals surface area contributed by atoms with Crippen molar-refractivity contribution in [1.82, 2.24) is 4.90 Å². The van der Waals surface area contributed by atoms with E-state index >= 15 is 0 Å². The number of hydrogen-bond donors (Lipinski definition) is 0. The Kier molecular flexibility index (Phi) is 5.33. The lowest BCUT2D eigenvalue weighted by atomic mass is 9.81. The molecule has 140 valence electrons. The Balaban J connectivity index is 2.02. The number of benzene rings is 2. The summed E-state index contributed by atoms with van der Waals surface area (Å²) in [5, 5.41) is 0.614. The van der Waals surface area contributed by atoms with Gasteiger partial charge in [0, 0.05) is 5.02 Å². The normalized spacial score (nSPS) is 19.8. The number of ether oxygens (including phenoxy) is 1. The lowest BCUT2D eigenvalue weighted by molar-refractivity contribution is -0.137. The molecule has 1 atom stereocenters. The highest BCUT2D eigenvalue weighted by atomic mass is 35.5. The molecule has 0 N–H and O–H groups in total. The molecule has 1 aliphatic heterocycles. The van der Waals surface area contributed by atoms with Crippen LogP contribution in [0.15, 0.2) is 42.5 Å². The van der Waals surface area contributed by atoms with Gasteiger partial charge in [-0.25, -0.2) is 0 Å². The highest BCUT2D eigenvalue weighted by molar-refractivity contribution is 6.30. The monoisotopic (exact) mass is 383 g/mol. The summed E-state index contributed by atoms with van der Waals surface area (Å²) in [5.74, 6) is 0. The quantitative estimate of drug-likeness (QED) is 0.678. The SMILES string of the molecule is CN(C)CCCC1(c2ccc(Cl)cc2)OCc2cc(C(F)(F)F)ccc21. The van der Waals surface area contributed by atoms with Crippen LogP contribution in [0.1, 0.15) is 35.1 Å². The van der Waals surface area contributed by atoms with Crippen LogP contribution >= 0.6 is 11.6 Å². The van der Waals surface area contributed by atoms with Crippen LogP contribution in [0.3, 0.4) is 0 Å². The number of nitrogens with zero attached hydrogens (tertiary/aromatic N) is 1. The molecule has 2 aromatic carbocycles. The molecule has 6 heteroatoms. The van der Waals surface area contributed by atoms with Gasteiger partial charge in [0.1, 0.15) is 5.60 Å². The maximum absolute atomic E-state index is 13.0. The fourth-order valence-electron chi connectivity index (χ4n) is 3.52. The molecule has 2 nitrogen and oxygen atoms in total. The van der Waals surface area contributed by atoms with E-state index in [0.717, 1.165) is 30.2 Å². The molecule has 0 radical (unpaired) electrons. The highest BCUT2D eigenvalue weighted by Gasteiger charge is 2.42. The zero-order chi connectivity index (χ0) is 18.9. The first kappa shape index (κ1) is 19.2. The molecule has 0 saturated carbocycles. The summed E-state index contributed by atoms with van der Waals surface area (Å²) in [5.41, 5.74) is 0.950. The molecule has 1 heterocycles. The first-order valence-electron chi connectivity index (χ1n) is 8.48. The van der Waals surface area contributed by atoms with Gasteiger partial charge in [0.15, 0.2) is 0 Å². The summed E-state index contributed by atoms with van der Waals surface area (Å²) >= 11 is 6.01. The van der Waals surface area contributed by atoms with Crippen molar-refractivity contribution in [2.75, 3.05) is 20.6 Å². The molecule has 1 aliphatic rings. The van der Waals surface area contributed by atoms with E-state index in [-0.39, 0.29) is 6.61 Å². The molecule has 26 heavy (non-hydrogen) atoms. The minimum absolute atomic E-state index is 0.170. The summed E-state index contributed by atoms with van der Waals surface area (Å²) in [6, 6.07) is 11.3. The van der Waals surface area contributed by atoms with Gasteiger partial charge in [0.2, 0.25) is 0 Å². The molecular formula is C20H21ClF3NO. The fourth-order valence-corrected chi connectivity index (χ4v) is 3.64. The summed E-state index contributed by atoms with van der Waals surface area (Å²) in [7, 11) is 3.99. The largest absolute Gasteiger partial charge is 0.416 e. The third-order valence-electron chi connectivity index (χ3n) is 4.79. The highest BCUT2D eigenvalue weighted by Crippen LogP contribution is 2.46. The van der Waals surface area contributed by atoms with Crippen molar-refractivity contribution in [1.29, 1.82) is 0 Å². The van der Waals surface area contributed by atoms with Gasteiger partial charge in [0.25, 0.3) is 0 Å². The summed E-state index contributed by atoms with van der Waals surface area (Å²) in [6.07, 6.45) is -2.81. The van der Waals surface area contributed by atoms with E-state index in [1.807, 2.05) is 26.2 Å². The predicted octanol–water partition coefficient (Wildman–Crippen LogP) is 5.47. The molecule has 0 bridgehead atoms. The average molecular weight is 384 g/mol.